The first-order valence-electron chi connectivity index (χ1n) is 8.61. The van der Waals surface area contributed by atoms with Crippen molar-refractivity contribution in [3.05, 3.63) is 63.2 Å². The van der Waals surface area contributed by atoms with E-state index in [-0.39, 0.29) is 11.7 Å². The van der Waals surface area contributed by atoms with Crippen LogP contribution in [0, 0.1) is 0 Å². The van der Waals surface area contributed by atoms with Crippen molar-refractivity contribution in [2.75, 3.05) is 13.6 Å². The summed E-state index contributed by atoms with van der Waals surface area (Å²) >= 11 is 6.17. The van der Waals surface area contributed by atoms with Gasteiger partial charge in [-0.15, -0.1) is 0 Å². The highest BCUT2D eigenvalue weighted by Gasteiger charge is 2.37. The molecule has 0 aromatic heterocycles. The van der Waals surface area contributed by atoms with Crippen LogP contribution in [0.1, 0.15) is 40.2 Å². The molecular weight excluding hydrogens is 336 g/mol. The first-order chi connectivity index (χ1) is 12.1. The molecule has 4 rings (SSSR count). The molecule has 1 heterocycles. The van der Waals surface area contributed by atoms with Crippen LogP contribution >= 0.6 is 11.6 Å². The van der Waals surface area contributed by atoms with Crippen LogP contribution in [0.4, 0.5) is 0 Å². The van der Waals surface area contributed by atoms with Crippen LogP contribution < -0.4 is 0 Å². The maximum absolute atomic E-state index is 10.2. The highest BCUT2D eigenvalue weighted by molar-refractivity contribution is 6.32. The molecule has 2 N–H and O–H groups in total. The molecule has 5 heteroatoms. The monoisotopic (exact) mass is 356 g/mol. The zero-order chi connectivity index (χ0) is 17.6. The largest absolute Gasteiger partial charge is 0.506 e. The van der Waals surface area contributed by atoms with Crippen molar-refractivity contribution in [1.82, 2.24) is 4.90 Å². The van der Waals surface area contributed by atoms with E-state index in [1.165, 1.54) is 22.9 Å². The topological polar surface area (TPSA) is 56.1 Å². The molecule has 1 unspecified atom stereocenters. The van der Waals surface area contributed by atoms with E-state index < -0.39 is 0 Å². The predicted molar refractivity (Wildman–Crippen MR) is 99.2 cm³/mol. The van der Waals surface area contributed by atoms with Crippen LogP contribution in [0.5, 0.6) is 5.75 Å². The average molecular weight is 357 g/mol. The van der Waals surface area contributed by atoms with Crippen molar-refractivity contribution in [3.8, 4) is 5.75 Å². The Labute approximate surface area is 152 Å². The SMILES string of the molecule is CN1CCc2cc(Cl)c(O)cc2C2c3cccc(/C=N/O)c3CC[C@@H]21. The molecule has 25 heavy (non-hydrogen) atoms. The van der Waals surface area contributed by atoms with E-state index in [4.69, 9.17) is 16.8 Å². The minimum Gasteiger partial charge on any atom is -0.506 e. The van der Waals surface area contributed by atoms with Gasteiger partial charge in [-0.25, -0.2) is 0 Å². The normalized spacial score (nSPS) is 23.0. The number of rotatable bonds is 1. The van der Waals surface area contributed by atoms with Gasteiger partial charge in [0.05, 0.1) is 11.2 Å². The summed E-state index contributed by atoms with van der Waals surface area (Å²) in [5.41, 5.74) is 5.82. The zero-order valence-electron chi connectivity index (χ0n) is 14.1. The third kappa shape index (κ3) is 2.70. The van der Waals surface area contributed by atoms with Gasteiger partial charge in [0.2, 0.25) is 0 Å². The number of halogens is 1. The molecule has 2 aromatic carbocycles. The maximum atomic E-state index is 10.2. The molecule has 1 aliphatic carbocycles. The number of phenolic OH excluding ortho intramolecular Hbond substituents is 1. The van der Waals surface area contributed by atoms with Crippen LogP contribution in [-0.4, -0.2) is 41.1 Å². The van der Waals surface area contributed by atoms with Crippen LogP contribution in [0.3, 0.4) is 0 Å². The number of oxime groups is 1. The number of phenols is 1. The van der Waals surface area contributed by atoms with Crippen LogP contribution in [0.25, 0.3) is 0 Å². The molecule has 2 atom stereocenters. The molecule has 2 aromatic rings. The fourth-order valence-corrected chi connectivity index (χ4v) is 4.68. The summed E-state index contributed by atoms with van der Waals surface area (Å²) in [6.45, 7) is 0.975. The van der Waals surface area contributed by atoms with Crippen molar-refractivity contribution >= 4 is 17.8 Å². The number of hydrogen-bond acceptors (Lipinski definition) is 4. The standard InChI is InChI=1S/C20H21ClN2O2/c1-23-8-7-12-9-17(21)19(24)10-16(12)20-15-4-2-3-13(11-22-25)14(15)5-6-18(20)23/h2-4,9-11,18,20,24-25H,5-8H2,1H3/b22-11+/t18-,20?/m0/s1. The second-order valence-electron chi connectivity index (χ2n) is 6.98. The van der Waals surface area contributed by atoms with Gasteiger partial charge in [-0.1, -0.05) is 35.0 Å². The summed E-state index contributed by atoms with van der Waals surface area (Å²) in [5, 5.41) is 22.8. The summed E-state index contributed by atoms with van der Waals surface area (Å²) in [4.78, 5) is 2.42. The molecule has 0 saturated heterocycles. The Morgan fingerprint density at radius 3 is 2.88 bits per heavy atom. The molecule has 130 valence electrons. The maximum Gasteiger partial charge on any atom is 0.134 e. The second-order valence-corrected chi connectivity index (χ2v) is 7.38. The Balaban J connectivity index is 1.94. The Bertz CT molecular complexity index is 850. The Kier molecular flexibility index (Phi) is 4.18. The van der Waals surface area contributed by atoms with Crippen molar-refractivity contribution < 1.29 is 10.3 Å². The van der Waals surface area contributed by atoms with Gasteiger partial charge in [-0.2, -0.15) is 0 Å². The minimum atomic E-state index is 0.143. The number of benzene rings is 2. The van der Waals surface area contributed by atoms with Crippen LogP contribution in [0.15, 0.2) is 35.5 Å². The first-order valence-corrected chi connectivity index (χ1v) is 8.98. The number of nitrogens with zero attached hydrogens (tertiary/aromatic N) is 2. The van der Waals surface area contributed by atoms with Crippen LogP contribution in [-0.2, 0) is 12.8 Å². The van der Waals surface area contributed by atoms with Gasteiger partial charge < -0.3 is 15.2 Å². The third-order valence-corrected chi connectivity index (χ3v) is 6.00. The highest BCUT2D eigenvalue weighted by atomic mass is 35.5. The summed E-state index contributed by atoms with van der Waals surface area (Å²) in [6.07, 6.45) is 4.43. The molecule has 4 nitrogen and oxygen atoms in total. The van der Waals surface area contributed by atoms with E-state index in [0.717, 1.165) is 36.9 Å². The molecule has 0 spiro atoms. The Hall–Kier alpha value is -2.04. The van der Waals surface area contributed by atoms with Gasteiger partial charge >= 0.3 is 0 Å². The van der Waals surface area contributed by atoms with Gasteiger partial charge in [-0.3, -0.25) is 0 Å². The summed E-state index contributed by atoms with van der Waals surface area (Å²) in [5.74, 6) is 0.324. The van der Waals surface area contributed by atoms with E-state index in [1.54, 1.807) is 0 Å². The lowest BCUT2D eigenvalue weighted by atomic mass is 9.73. The summed E-state index contributed by atoms with van der Waals surface area (Å²) < 4.78 is 0. The lowest BCUT2D eigenvalue weighted by molar-refractivity contribution is 0.214. The number of likely N-dealkylation sites (N-methyl/N-ethyl adjacent to an activating group) is 1. The van der Waals surface area contributed by atoms with Crippen molar-refractivity contribution in [2.45, 2.75) is 31.2 Å². The lowest BCUT2D eigenvalue weighted by Gasteiger charge is -2.38. The quantitative estimate of drug-likeness (QED) is 0.464. The smallest absolute Gasteiger partial charge is 0.134 e. The van der Waals surface area contributed by atoms with Crippen LogP contribution in [0.2, 0.25) is 5.02 Å². The molecule has 0 fully saturated rings. The van der Waals surface area contributed by atoms with Gasteiger partial charge in [0, 0.05) is 18.5 Å². The fraction of sp³-hybridized carbons (Fsp3) is 0.350. The van der Waals surface area contributed by atoms with Crippen molar-refractivity contribution in [3.63, 3.8) is 0 Å². The van der Waals surface area contributed by atoms with Crippen molar-refractivity contribution in [2.24, 2.45) is 5.16 Å². The molecule has 0 saturated carbocycles. The molecule has 1 aliphatic heterocycles. The number of fused-ring (bicyclic) bond motifs is 5. The predicted octanol–water partition coefficient (Wildman–Crippen LogP) is 3.79. The molecule has 2 aliphatic rings. The zero-order valence-corrected chi connectivity index (χ0v) is 14.9. The highest BCUT2D eigenvalue weighted by Crippen LogP contribution is 2.44. The Morgan fingerprint density at radius 1 is 1.24 bits per heavy atom. The Morgan fingerprint density at radius 2 is 2.08 bits per heavy atom. The van der Waals surface area contributed by atoms with Gasteiger partial charge in [-0.05, 0) is 66.3 Å². The summed E-state index contributed by atoms with van der Waals surface area (Å²) in [6, 6.07) is 10.3. The van der Waals surface area contributed by atoms with E-state index >= 15 is 0 Å². The summed E-state index contributed by atoms with van der Waals surface area (Å²) in [7, 11) is 2.18. The van der Waals surface area contributed by atoms with E-state index in [0.29, 0.717) is 11.1 Å². The van der Waals surface area contributed by atoms with E-state index in [1.807, 2.05) is 24.3 Å². The third-order valence-electron chi connectivity index (χ3n) is 5.70. The second kappa shape index (κ2) is 6.36. The van der Waals surface area contributed by atoms with Gasteiger partial charge in [0.25, 0.3) is 0 Å². The number of aromatic hydroxyl groups is 1. The minimum absolute atomic E-state index is 0.143. The van der Waals surface area contributed by atoms with E-state index in [2.05, 4.69) is 23.2 Å². The van der Waals surface area contributed by atoms with Crippen molar-refractivity contribution in [1.29, 1.82) is 0 Å². The number of hydrogen-bond donors (Lipinski definition) is 2. The molecule has 0 amide bonds. The first kappa shape index (κ1) is 16.4. The molecule has 0 radical (unpaired) electrons. The van der Waals surface area contributed by atoms with Gasteiger partial charge in [0.15, 0.2) is 0 Å². The molecule has 0 bridgehead atoms. The van der Waals surface area contributed by atoms with E-state index in [9.17, 15) is 5.11 Å². The molecular formula is C20H21ClN2O2. The average Bonchev–Trinajstić information content (AvgIpc) is 2.74. The lowest BCUT2D eigenvalue weighted by Crippen LogP contribution is -2.39. The fourth-order valence-electron chi connectivity index (χ4n) is 4.49. The van der Waals surface area contributed by atoms with Gasteiger partial charge in [0.1, 0.15) is 5.75 Å².